The maximum Gasteiger partial charge on any atom is 0.187 e. The zero-order chi connectivity index (χ0) is 9.97. The molecule has 3 N–H and O–H groups in total. The average Bonchev–Trinajstić information content (AvgIpc) is 2.27. The van der Waals surface area contributed by atoms with Crippen LogP contribution < -0.4 is 11.1 Å². The minimum Gasteiger partial charge on any atom is -0.325 e. The lowest BCUT2D eigenvalue weighted by molar-refractivity contribution is 0.604. The Morgan fingerprint density at radius 3 is 3.07 bits per heavy atom. The van der Waals surface area contributed by atoms with Gasteiger partial charge in [-0.2, -0.15) is 0 Å². The zero-order valence-corrected chi connectivity index (χ0v) is 9.02. The van der Waals surface area contributed by atoms with Crippen molar-refractivity contribution < 1.29 is 0 Å². The topological polar surface area (TPSA) is 63.8 Å². The predicted octanol–water partition coefficient (Wildman–Crippen LogP) is 0.303. The summed E-state index contributed by atoms with van der Waals surface area (Å²) in [7, 11) is 0. The molecule has 1 aliphatic heterocycles. The molecule has 0 spiro atoms. The van der Waals surface area contributed by atoms with Gasteiger partial charge in [0.1, 0.15) is 0 Å². The first-order valence-electron chi connectivity index (χ1n) is 4.68. The van der Waals surface area contributed by atoms with Crippen LogP contribution in [0.15, 0.2) is 5.16 Å². The number of hydrogen-bond donors (Lipinski definition) is 2. The molecule has 1 aromatic heterocycles. The first-order valence-corrected chi connectivity index (χ1v) is 5.91. The molecule has 0 amide bonds. The molecule has 0 saturated carbocycles. The highest BCUT2D eigenvalue weighted by Gasteiger charge is 2.15. The normalized spacial score (nSPS) is 15.3. The first-order chi connectivity index (χ1) is 6.85. The van der Waals surface area contributed by atoms with E-state index in [1.807, 2.05) is 6.26 Å². The number of hydrogen-bond acceptors (Lipinski definition) is 5. The van der Waals surface area contributed by atoms with Crippen molar-refractivity contribution in [3.8, 4) is 0 Å². The standard InChI is InChI=1S/C9H14N4S/c1-14-9-12-7-2-3-11-5-6(7)8(4-10)13-9/h11H,2-5,10H2,1H3. The summed E-state index contributed by atoms with van der Waals surface area (Å²) in [6.07, 6.45) is 2.97. The number of thioether (sulfide) groups is 1. The van der Waals surface area contributed by atoms with Crippen molar-refractivity contribution in [2.75, 3.05) is 12.8 Å². The minimum atomic E-state index is 0.500. The Morgan fingerprint density at radius 1 is 1.50 bits per heavy atom. The van der Waals surface area contributed by atoms with Crippen LogP contribution in [0, 0.1) is 0 Å². The molecular formula is C9H14N4S. The summed E-state index contributed by atoms with van der Waals surface area (Å²) in [5.41, 5.74) is 9.04. The van der Waals surface area contributed by atoms with Crippen LogP contribution in [0.25, 0.3) is 0 Å². The maximum absolute atomic E-state index is 5.67. The number of nitrogens with zero attached hydrogens (tertiary/aromatic N) is 2. The third-order valence-electron chi connectivity index (χ3n) is 2.37. The Balaban J connectivity index is 2.47. The van der Waals surface area contributed by atoms with Crippen molar-refractivity contribution in [2.24, 2.45) is 5.73 Å². The molecule has 0 aliphatic carbocycles. The second-order valence-corrected chi connectivity index (χ2v) is 3.99. The van der Waals surface area contributed by atoms with Crippen molar-refractivity contribution in [1.82, 2.24) is 15.3 Å². The van der Waals surface area contributed by atoms with Gasteiger partial charge in [0.05, 0.1) is 11.4 Å². The van der Waals surface area contributed by atoms with E-state index in [1.54, 1.807) is 11.8 Å². The molecule has 1 aromatic rings. The summed E-state index contributed by atoms with van der Waals surface area (Å²) in [5.74, 6) is 0. The minimum absolute atomic E-state index is 0.500. The summed E-state index contributed by atoms with van der Waals surface area (Å²) in [5, 5.41) is 4.15. The molecule has 0 aromatic carbocycles. The van der Waals surface area contributed by atoms with E-state index in [2.05, 4.69) is 15.3 Å². The lowest BCUT2D eigenvalue weighted by Crippen LogP contribution is -2.27. The molecule has 0 radical (unpaired) electrons. The highest BCUT2D eigenvalue weighted by Crippen LogP contribution is 2.18. The van der Waals surface area contributed by atoms with Crippen LogP contribution in [-0.2, 0) is 19.5 Å². The molecule has 76 valence electrons. The Labute approximate surface area is 87.7 Å². The quantitative estimate of drug-likeness (QED) is 0.543. The SMILES string of the molecule is CSc1nc(CN)c2c(n1)CCNC2. The third-order valence-corrected chi connectivity index (χ3v) is 2.92. The van der Waals surface area contributed by atoms with Gasteiger partial charge in [-0.15, -0.1) is 0 Å². The van der Waals surface area contributed by atoms with Crippen LogP contribution in [0.2, 0.25) is 0 Å². The molecule has 0 bridgehead atoms. The molecule has 0 fully saturated rings. The summed E-state index contributed by atoms with van der Waals surface area (Å²) in [4.78, 5) is 8.91. The van der Waals surface area contributed by atoms with Crippen molar-refractivity contribution >= 4 is 11.8 Å². The number of aromatic nitrogens is 2. The second-order valence-electron chi connectivity index (χ2n) is 3.21. The lowest BCUT2D eigenvalue weighted by Gasteiger charge is -2.18. The summed E-state index contributed by atoms with van der Waals surface area (Å²) < 4.78 is 0. The van der Waals surface area contributed by atoms with Gasteiger partial charge in [0.15, 0.2) is 5.16 Å². The summed E-state index contributed by atoms with van der Waals surface area (Å²) in [6.45, 7) is 2.36. The molecule has 1 aliphatic rings. The van der Waals surface area contributed by atoms with Gasteiger partial charge < -0.3 is 11.1 Å². The largest absolute Gasteiger partial charge is 0.325 e. The number of fused-ring (bicyclic) bond motifs is 1. The highest BCUT2D eigenvalue weighted by atomic mass is 32.2. The Morgan fingerprint density at radius 2 is 2.36 bits per heavy atom. The highest BCUT2D eigenvalue weighted by molar-refractivity contribution is 7.98. The summed E-state index contributed by atoms with van der Waals surface area (Å²) >= 11 is 1.57. The van der Waals surface area contributed by atoms with Gasteiger partial charge in [-0.3, -0.25) is 0 Å². The van der Waals surface area contributed by atoms with Gasteiger partial charge in [0.2, 0.25) is 0 Å². The van der Waals surface area contributed by atoms with Crippen LogP contribution in [0.1, 0.15) is 17.0 Å². The smallest absolute Gasteiger partial charge is 0.187 e. The molecular weight excluding hydrogens is 196 g/mol. The molecule has 4 nitrogen and oxygen atoms in total. The van der Waals surface area contributed by atoms with Crippen molar-refractivity contribution in [3.63, 3.8) is 0 Å². The fraction of sp³-hybridized carbons (Fsp3) is 0.556. The maximum atomic E-state index is 5.67. The third kappa shape index (κ3) is 1.75. The van der Waals surface area contributed by atoms with Gasteiger partial charge >= 0.3 is 0 Å². The summed E-state index contributed by atoms with van der Waals surface area (Å²) in [6, 6.07) is 0. The molecule has 14 heavy (non-hydrogen) atoms. The zero-order valence-electron chi connectivity index (χ0n) is 8.21. The fourth-order valence-electron chi connectivity index (χ4n) is 1.65. The molecule has 0 unspecified atom stereocenters. The van der Waals surface area contributed by atoms with Gasteiger partial charge in [-0.25, -0.2) is 9.97 Å². The van der Waals surface area contributed by atoms with Gasteiger partial charge in [0.25, 0.3) is 0 Å². The fourth-order valence-corrected chi connectivity index (χ4v) is 2.05. The molecule has 2 heterocycles. The Hall–Kier alpha value is -0.650. The molecule has 0 saturated heterocycles. The van der Waals surface area contributed by atoms with Gasteiger partial charge in [-0.05, 0) is 6.26 Å². The van der Waals surface area contributed by atoms with E-state index >= 15 is 0 Å². The lowest BCUT2D eigenvalue weighted by atomic mass is 10.1. The van der Waals surface area contributed by atoms with Crippen LogP contribution in [0.5, 0.6) is 0 Å². The van der Waals surface area contributed by atoms with E-state index < -0.39 is 0 Å². The molecule has 5 heteroatoms. The monoisotopic (exact) mass is 210 g/mol. The predicted molar refractivity (Wildman–Crippen MR) is 57.1 cm³/mol. The van der Waals surface area contributed by atoms with Crippen LogP contribution in [0.3, 0.4) is 0 Å². The van der Waals surface area contributed by atoms with Gasteiger partial charge in [0, 0.05) is 31.6 Å². The second kappa shape index (κ2) is 4.25. The van der Waals surface area contributed by atoms with E-state index in [0.717, 1.165) is 30.4 Å². The Kier molecular flexibility index (Phi) is 3.00. The number of nitrogens with one attached hydrogen (secondary N) is 1. The van der Waals surface area contributed by atoms with Crippen LogP contribution in [-0.4, -0.2) is 22.8 Å². The Bertz CT molecular complexity index is 323. The van der Waals surface area contributed by atoms with Crippen molar-refractivity contribution in [3.05, 3.63) is 17.0 Å². The number of rotatable bonds is 2. The van der Waals surface area contributed by atoms with Gasteiger partial charge in [-0.1, -0.05) is 11.8 Å². The van der Waals surface area contributed by atoms with E-state index in [0.29, 0.717) is 6.54 Å². The van der Waals surface area contributed by atoms with Crippen LogP contribution >= 0.6 is 11.8 Å². The van der Waals surface area contributed by atoms with E-state index in [1.165, 1.54) is 11.3 Å². The van der Waals surface area contributed by atoms with Crippen LogP contribution in [0.4, 0.5) is 0 Å². The van der Waals surface area contributed by atoms with E-state index in [4.69, 9.17) is 5.73 Å². The number of nitrogens with two attached hydrogens (primary N) is 1. The van der Waals surface area contributed by atoms with Crippen molar-refractivity contribution in [2.45, 2.75) is 24.7 Å². The van der Waals surface area contributed by atoms with E-state index in [9.17, 15) is 0 Å². The molecule has 2 rings (SSSR count). The van der Waals surface area contributed by atoms with Crippen molar-refractivity contribution in [1.29, 1.82) is 0 Å². The first kappa shape index (κ1) is 9.89. The van der Waals surface area contributed by atoms with E-state index in [-0.39, 0.29) is 0 Å². The average molecular weight is 210 g/mol. The molecule has 0 atom stereocenters.